The maximum absolute atomic E-state index is 14.5. The Kier molecular flexibility index (Phi) is 30.1. The number of carbonyl (C=O) groups is 3. The third kappa shape index (κ3) is 21.6. The smallest absolute Gasteiger partial charge is 0.380 e. The topological polar surface area (TPSA) is 565 Å². The molecule has 18 atom stereocenters. The molecule has 0 saturated carbocycles. The summed E-state index contributed by atoms with van der Waals surface area (Å²) in [6.45, 7) is 18.8. The Balaban J connectivity index is 0.000000197. The zero-order valence-electron chi connectivity index (χ0n) is 71.7. The number of hydrogen-bond acceptors (Lipinski definition) is 33. The summed E-state index contributed by atoms with van der Waals surface area (Å²) in [5.74, 6) is -4.68. The van der Waals surface area contributed by atoms with Crippen LogP contribution in [0.4, 0.5) is 31.0 Å². The molecule has 3 saturated heterocycles. The molecule has 9 aromatic rings. The molecule has 4 unspecified atom stereocenters. The minimum Gasteiger partial charge on any atom is -0.463 e. The number of benzene rings is 3. The van der Waals surface area contributed by atoms with Crippen molar-refractivity contribution in [2.45, 2.75) is 211 Å². The third-order valence-corrected chi connectivity index (χ3v) is 27.3. The number of esters is 3. The average molecular weight is 1830 g/mol. The van der Waals surface area contributed by atoms with Gasteiger partial charge in [0.15, 0.2) is 52.4 Å². The molecule has 690 valence electrons. The Hall–Kier alpha value is -9.87. The second kappa shape index (κ2) is 38.6. The molecule has 0 amide bonds. The first-order valence-corrected chi connectivity index (χ1v) is 45.2. The molecule has 12 rings (SSSR count). The molecule has 0 aliphatic carbocycles. The van der Waals surface area contributed by atoms with Crippen molar-refractivity contribution in [3.63, 3.8) is 0 Å². The summed E-state index contributed by atoms with van der Waals surface area (Å²) in [5, 5.41) is 67.9. The van der Waals surface area contributed by atoms with Gasteiger partial charge in [-0.25, -0.2) is 26.9 Å². The lowest BCUT2D eigenvalue weighted by Gasteiger charge is -2.36. The summed E-state index contributed by atoms with van der Waals surface area (Å²) in [5.41, 5.74) is 2.62. The second-order valence-corrected chi connectivity index (χ2v) is 39.4. The van der Waals surface area contributed by atoms with Crippen LogP contribution in [0.15, 0.2) is 142 Å². The van der Waals surface area contributed by atoms with Gasteiger partial charge in [-0.3, -0.25) is 57.3 Å². The molecule has 126 heavy (non-hydrogen) atoms. The Morgan fingerprint density at radius 1 is 0.429 bits per heavy atom. The quantitative estimate of drug-likeness (QED) is 0.0104. The maximum atomic E-state index is 14.5. The number of aromatic amines is 3. The summed E-state index contributed by atoms with van der Waals surface area (Å²) in [7, 11) is -12.7. The number of halogens is 3. The summed E-state index contributed by atoms with van der Waals surface area (Å²) in [6, 6.07) is 28.6. The SMILES string of the molecule is CC(C)OC(=O)[C@H](C)CP(=O)(Oc1ccccc1)OC(C)(C)[C@H]1O[C@@H](n2ccc3c(=O)[nH]c(N)nc32)C(O)(CF)[C@H]1O.CC(C)OC(=O)[C@H](C)C[P@@](=O)(Oc1ccccc1)OC(C)(C)[C@H]1O[C@@H](n2ccc3c(=O)[nH]c(N)nc32)C(O)(CF)[C@H]1O.CC(C)OC(=O)[C@H](C)C[P@](=O)(Oc1ccccc1)OC(C)(C)[C@H]1O[C@@H](n2ccc3c(=O)[nH]c(N)nc32)C(O)(CF)[C@H]1O. The minimum atomic E-state index is -4.23. The average Bonchev–Trinajstić information content (AvgIpc) is 1.58. The Morgan fingerprint density at radius 2 is 0.651 bits per heavy atom. The van der Waals surface area contributed by atoms with Crippen LogP contribution >= 0.6 is 22.8 Å². The summed E-state index contributed by atoms with van der Waals surface area (Å²) >= 11 is 0. The van der Waals surface area contributed by atoms with Crippen molar-refractivity contribution in [1.29, 1.82) is 0 Å². The first-order valence-electron chi connectivity index (χ1n) is 40.0. The van der Waals surface area contributed by atoms with E-state index >= 15 is 0 Å². The number of aromatic nitrogens is 9. The number of nitrogens with one attached hydrogen (secondary N) is 3. The largest absolute Gasteiger partial charge is 0.463 e. The van der Waals surface area contributed by atoms with Gasteiger partial charge in [0.05, 0.1) is 70.7 Å². The molecule has 3 aliphatic rings. The highest BCUT2D eigenvalue weighted by Crippen LogP contribution is 2.60. The standard InChI is InChI=1S/3C27H36FN4O9P/c3*1-15(2)38-23(35)16(3)13-42(37,40-17-9-7-6-8-10-17)41-26(4,5)20-19(33)27(36,14-28)24(39-20)32-12-11-18-21(32)30-25(29)31-22(18)34/h3*6-12,15-16,19-20,24,33,36H,13-14H2,1-5H3,(H3,29,30,31,34)/t16-,19+,20+,24-,27?,42?;16-,19+,20+,24-,27?,42+;16-,19+,20+,24-,27?,42-/m111/s1. The highest BCUT2D eigenvalue weighted by Gasteiger charge is 2.65. The molecule has 9 heterocycles. The predicted molar refractivity (Wildman–Crippen MR) is 452 cm³/mol. The van der Waals surface area contributed by atoms with Gasteiger partial charge < -0.3 is 104 Å². The molecule has 3 fully saturated rings. The predicted octanol–water partition coefficient (Wildman–Crippen LogP) is 8.76. The number of aliphatic hydroxyl groups excluding tert-OH is 3. The summed E-state index contributed by atoms with van der Waals surface area (Å²) in [4.78, 5) is 94.0. The van der Waals surface area contributed by atoms with Gasteiger partial charge in [0, 0.05) is 18.6 Å². The molecule has 0 bridgehead atoms. The van der Waals surface area contributed by atoms with Crippen LogP contribution in [0, 0.1) is 17.8 Å². The number of para-hydroxylation sites is 3. The molecule has 3 aromatic carbocycles. The van der Waals surface area contributed by atoms with Crippen molar-refractivity contribution in [1.82, 2.24) is 43.6 Å². The van der Waals surface area contributed by atoms with Gasteiger partial charge in [0.1, 0.15) is 90.7 Å². The number of H-pyrrole nitrogens is 3. The van der Waals surface area contributed by atoms with E-state index in [1.54, 1.807) is 133 Å². The maximum Gasteiger partial charge on any atom is 0.380 e. The van der Waals surface area contributed by atoms with E-state index in [0.29, 0.717) is 0 Å². The lowest BCUT2D eigenvalue weighted by Crippen LogP contribution is -2.53. The van der Waals surface area contributed by atoms with Crippen LogP contribution in [0.25, 0.3) is 33.1 Å². The zero-order chi connectivity index (χ0) is 93.1. The van der Waals surface area contributed by atoms with Gasteiger partial charge in [-0.1, -0.05) is 75.4 Å². The number of rotatable bonds is 33. The van der Waals surface area contributed by atoms with Gasteiger partial charge in [0.2, 0.25) is 17.8 Å². The van der Waals surface area contributed by atoms with Crippen molar-refractivity contribution in [2.75, 3.05) is 55.7 Å². The molecule has 6 aromatic heterocycles. The molecule has 45 heteroatoms. The first-order chi connectivity index (χ1) is 58.8. The van der Waals surface area contributed by atoms with Crippen LogP contribution in [0.5, 0.6) is 17.2 Å². The molecule has 39 nitrogen and oxygen atoms in total. The van der Waals surface area contributed by atoms with Crippen molar-refractivity contribution in [3.8, 4) is 17.2 Å². The number of ether oxygens (including phenoxy) is 6. The molecule has 0 radical (unpaired) electrons. The molecule has 3 aliphatic heterocycles. The monoisotopic (exact) mass is 1830 g/mol. The number of nitrogens with two attached hydrogens (primary N) is 3. The minimum absolute atomic E-state index is 0.0183. The van der Waals surface area contributed by atoms with Crippen LogP contribution in [0.1, 0.15) is 123 Å². The Bertz CT molecular complexity index is 5130. The van der Waals surface area contributed by atoms with Crippen molar-refractivity contribution in [2.24, 2.45) is 17.8 Å². The Morgan fingerprint density at radius 3 is 0.857 bits per heavy atom. The fourth-order valence-corrected chi connectivity index (χ4v) is 21.5. The van der Waals surface area contributed by atoms with E-state index in [9.17, 15) is 86.3 Å². The van der Waals surface area contributed by atoms with Crippen molar-refractivity contribution < 1.29 is 127 Å². The van der Waals surface area contributed by atoms with E-state index in [1.165, 1.54) is 113 Å². The lowest BCUT2D eigenvalue weighted by atomic mass is 9.88. The van der Waals surface area contributed by atoms with Crippen LogP contribution in [-0.2, 0) is 70.1 Å². The van der Waals surface area contributed by atoms with Gasteiger partial charge in [-0.15, -0.1) is 0 Å². The van der Waals surface area contributed by atoms with Gasteiger partial charge >= 0.3 is 40.7 Å². The van der Waals surface area contributed by atoms with Crippen LogP contribution in [0.3, 0.4) is 0 Å². The van der Waals surface area contributed by atoms with Gasteiger partial charge in [-0.2, -0.15) is 15.0 Å². The molecular formula is C81H108F3N12O27P3. The Labute approximate surface area is 720 Å². The number of carbonyl (C=O) groups excluding carboxylic acids is 3. The van der Waals surface area contributed by atoms with Crippen LogP contribution < -0.4 is 47.5 Å². The molecule has 15 N–H and O–H groups in total. The number of hydrogen-bond donors (Lipinski definition) is 12. The highest BCUT2D eigenvalue weighted by molar-refractivity contribution is 7.55. The van der Waals surface area contributed by atoms with Crippen molar-refractivity contribution in [3.05, 3.63) is 159 Å². The van der Waals surface area contributed by atoms with Gasteiger partial charge in [0.25, 0.3) is 16.7 Å². The van der Waals surface area contributed by atoms with Crippen molar-refractivity contribution >= 4 is 91.6 Å². The molecular weight excluding hydrogens is 1720 g/mol. The number of alkyl halides is 3. The van der Waals surface area contributed by atoms with Crippen LogP contribution in [0.2, 0.25) is 0 Å². The van der Waals surface area contributed by atoms with E-state index in [2.05, 4.69) is 29.9 Å². The number of fused-ring (bicyclic) bond motifs is 3. The number of anilines is 3. The first kappa shape index (κ1) is 98.3. The zero-order valence-corrected chi connectivity index (χ0v) is 74.4. The molecule has 0 spiro atoms. The van der Waals surface area contributed by atoms with E-state index in [-0.39, 0.29) is 68.2 Å². The normalized spacial score (nSPS) is 24.9. The fourth-order valence-electron chi connectivity index (χ4n) is 14.7. The van der Waals surface area contributed by atoms with E-state index in [0.717, 1.165) is 0 Å². The fraction of sp³-hybridized carbons (Fsp3) is 0.519. The van der Waals surface area contributed by atoms with E-state index < -0.39 is 221 Å². The lowest BCUT2D eigenvalue weighted by molar-refractivity contribution is -0.152. The highest BCUT2D eigenvalue weighted by atomic mass is 31.2. The summed E-state index contributed by atoms with van der Waals surface area (Å²) in [6.07, 6.45) is -13.3. The van der Waals surface area contributed by atoms with E-state index in [4.69, 9.17) is 72.8 Å². The second-order valence-electron chi connectivity index (χ2n) is 33.5. The van der Waals surface area contributed by atoms with Gasteiger partial charge in [-0.05, 0) is 138 Å². The third-order valence-electron chi connectivity index (χ3n) is 20.6. The van der Waals surface area contributed by atoms with E-state index in [1.807, 2.05) is 0 Å². The number of nitrogen functional groups attached to an aromatic ring is 3. The number of aliphatic hydroxyl groups is 6. The number of nitrogens with zero attached hydrogens (tertiary/aromatic N) is 6. The summed E-state index contributed by atoms with van der Waals surface area (Å²) < 4.78 is 159. The van der Waals surface area contributed by atoms with Crippen LogP contribution in [-0.4, -0.2) is 219 Å².